The highest BCUT2D eigenvalue weighted by Crippen LogP contribution is 2.21. The molecular weight excluding hydrogens is 344 g/mol. The second-order valence-electron chi connectivity index (χ2n) is 5.69. The van der Waals surface area contributed by atoms with Gasteiger partial charge in [-0.15, -0.1) is 24.0 Å². The van der Waals surface area contributed by atoms with E-state index in [0.29, 0.717) is 24.4 Å². The highest BCUT2D eigenvalue weighted by atomic mass is 127. The van der Waals surface area contributed by atoms with Crippen molar-refractivity contribution in [1.29, 1.82) is 0 Å². The summed E-state index contributed by atoms with van der Waals surface area (Å²) in [6, 6.07) is 0.380. The first kappa shape index (κ1) is 20.3. The number of hydrogen-bond donors (Lipinski definition) is 2. The summed E-state index contributed by atoms with van der Waals surface area (Å²) < 4.78 is 12.0. The highest BCUT2D eigenvalue weighted by molar-refractivity contribution is 14.0. The van der Waals surface area contributed by atoms with Crippen LogP contribution in [0, 0.1) is 5.41 Å². The quantitative estimate of drug-likeness (QED) is 0.324. The Hall–Kier alpha value is -0.0700. The zero-order valence-electron chi connectivity index (χ0n) is 12.3. The molecule has 18 heavy (non-hydrogen) atoms. The second kappa shape index (κ2) is 10.8. The first-order valence-corrected chi connectivity index (χ1v) is 6.42. The van der Waals surface area contributed by atoms with Crippen LogP contribution in [0.1, 0.15) is 47.0 Å². The van der Waals surface area contributed by atoms with Gasteiger partial charge in [-0.05, 0) is 31.6 Å². The zero-order chi connectivity index (χ0) is 13.3. The molecule has 0 aromatic heterocycles. The Labute approximate surface area is 128 Å². The van der Waals surface area contributed by atoms with Crippen LogP contribution in [0.5, 0.6) is 0 Å². The molecule has 0 saturated heterocycles. The van der Waals surface area contributed by atoms with Crippen molar-refractivity contribution in [3.8, 4) is 0 Å². The lowest BCUT2D eigenvalue weighted by Crippen LogP contribution is -2.42. The normalized spacial score (nSPS) is 13.8. The third-order valence-electron chi connectivity index (χ3n) is 2.54. The van der Waals surface area contributed by atoms with E-state index in [1.807, 2.05) is 0 Å². The van der Waals surface area contributed by atoms with Gasteiger partial charge in [0.05, 0.1) is 6.67 Å². The second-order valence-corrected chi connectivity index (χ2v) is 5.69. The third-order valence-corrected chi connectivity index (χ3v) is 2.54. The number of rotatable bonds is 6. The SMILES string of the molecule is CN=C(NCCCF)NC(C)CCC(C)(C)C.I. The van der Waals surface area contributed by atoms with Crippen LogP contribution in [0.4, 0.5) is 4.39 Å². The van der Waals surface area contributed by atoms with E-state index in [1.54, 1.807) is 7.05 Å². The third kappa shape index (κ3) is 12.4. The molecule has 0 amide bonds. The highest BCUT2D eigenvalue weighted by Gasteiger charge is 2.13. The topological polar surface area (TPSA) is 36.4 Å². The van der Waals surface area contributed by atoms with Gasteiger partial charge in [-0.2, -0.15) is 0 Å². The number of hydrogen-bond acceptors (Lipinski definition) is 1. The molecule has 0 aliphatic heterocycles. The molecule has 0 aliphatic rings. The summed E-state index contributed by atoms with van der Waals surface area (Å²) in [6.45, 7) is 9.22. The molecule has 3 nitrogen and oxygen atoms in total. The van der Waals surface area contributed by atoms with Gasteiger partial charge in [-0.3, -0.25) is 9.38 Å². The molecule has 0 bridgehead atoms. The summed E-state index contributed by atoms with van der Waals surface area (Å²) in [6.07, 6.45) is 2.80. The fraction of sp³-hybridized carbons (Fsp3) is 0.923. The summed E-state index contributed by atoms with van der Waals surface area (Å²) in [5, 5.41) is 6.41. The van der Waals surface area contributed by atoms with Gasteiger partial charge >= 0.3 is 0 Å². The number of alkyl halides is 1. The Morgan fingerprint density at radius 1 is 1.33 bits per heavy atom. The maximum Gasteiger partial charge on any atom is 0.191 e. The molecule has 0 spiro atoms. The molecule has 0 heterocycles. The van der Waals surface area contributed by atoms with Gasteiger partial charge in [0.15, 0.2) is 5.96 Å². The molecule has 0 saturated carbocycles. The Bertz CT molecular complexity index is 227. The lowest BCUT2D eigenvalue weighted by atomic mass is 9.89. The zero-order valence-corrected chi connectivity index (χ0v) is 14.7. The van der Waals surface area contributed by atoms with Gasteiger partial charge < -0.3 is 10.6 Å². The molecule has 0 aromatic carbocycles. The Kier molecular flexibility index (Phi) is 12.2. The maximum atomic E-state index is 12.0. The van der Waals surface area contributed by atoms with Crippen LogP contribution in [0.3, 0.4) is 0 Å². The van der Waals surface area contributed by atoms with Crippen LogP contribution in [0.15, 0.2) is 4.99 Å². The molecule has 2 N–H and O–H groups in total. The molecule has 0 aromatic rings. The minimum absolute atomic E-state index is 0. The van der Waals surface area contributed by atoms with E-state index in [9.17, 15) is 4.39 Å². The summed E-state index contributed by atoms with van der Waals surface area (Å²) in [5.41, 5.74) is 0.362. The van der Waals surface area contributed by atoms with Crippen molar-refractivity contribution in [3.63, 3.8) is 0 Å². The van der Waals surface area contributed by atoms with Crippen LogP contribution in [-0.4, -0.2) is 32.3 Å². The molecule has 1 atom stereocenters. The van der Waals surface area contributed by atoms with E-state index in [1.165, 1.54) is 6.42 Å². The summed E-state index contributed by atoms with van der Waals surface area (Å²) in [7, 11) is 1.74. The number of guanidine groups is 1. The average molecular weight is 373 g/mol. The van der Waals surface area contributed by atoms with Crippen molar-refractivity contribution < 1.29 is 4.39 Å². The van der Waals surface area contributed by atoms with E-state index in [4.69, 9.17) is 0 Å². The first-order chi connectivity index (χ1) is 7.89. The van der Waals surface area contributed by atoms with Crippen molar-refractivity contribution >= 4 is 29.9 Å². The molecule has 0 radical (unpaired) electrons. The molecular formula is C13H29FIN3. The van der Waals surface area contributed by atoms with Crippen LogP contribution < -0.4 is 10.6 Å². The van der Waals surface area contributed by atoms with Crippen molar-refractivity contribution in [2.45, 2.75) is 53.0 Å². The number of nitrogens with zero attached hydrogens (tertiary/aromatic N) is 1. The minimum atomic E-state index is -0.288. The van der Waals surface area contributed by atoms with Crippen LogP contribution in [0.2, 0.25) is 0 Å². The van der Waals surface area contributed by atoms with Crippen LogP contribution in [-0.2, 0) is 0 Å². The Morgan fingerprint density at radius 3 is 2.39 bits per heavy atom. The standard InChI is InChI=1S/C13H28FN3.HI/c1-11(7-8-13(2,3)4)17-12(15-5)16-10-6-9-14;/h11H,6-10H2,1-5H3,(H2,15,16,17);1H. The van der Waals surface area contributed by atoms with Crippen LogP contribution >= 0.6 is 24.0 Å². The fourth-order valence-corrected chi connectivity index (χ4v) is 1.42. The predicted molar refractivity (Wildman–Crippen MR) is 88.7 cm³/mol. The van der Waals surface area contributed by atoms with E-state index >= 15 is 0 Å². The summed E-state index contributed by atoms with van der Waals surface area (Å²) >= 11 is 0. The number of halogens is 2. The van der Waals surface area contributed by atoms with Gasteiger partial charge in [0.2, 0.25) is 0 Å². The fourth-order valence-electron chi connectivity index (χ4n) is 1.42. The van der Waals surface area contributed by atoms with Gasteiger partial charge in [0.25, 0.3) is 0 Å². The predicted octanol–water partition coefficient (Wildman–Crippen LogP) is 3.34. The summed E-state index contributed by atoms with van der Waals surface area (Å²) in [4.78, 5) is 4.12. The van der Waals surface area contributed by atoms with Gasteiger partial charge in [-0.25, -0.2) is 0 Å². The molecule has 0 rings (SSSR count). The average Bonchev–Trinajstić information content (AvgIpc) is 2.24. The van der Waals surface area contributed by atoms with Crippen molar-refractivity contribution in [2.24, 2.45) is 10.4 Å². The van der Waals surface area contributed by atoms with Gasteiger partial charge in [0, 0.05) is 19.6 Å². The molecule has 1 unspecified atom stereocenters. The number of aliphatic imine (C=N–C) groups is 1. The molecule has 5 heteroatoms. The number of nitrogens with one attached hydrogen (secondary N) is 2. The minimum Gasteiger partial charge on any atom is -0.356 e. The largest absolute Gasteiger partial charge is 0.356 e. The lowest BCUT2D eigenvalue weighted by molar-refractivity contribution is 0.346. The van der Waals surface area contributed by atoms with Crippen molar-refractivity contribution in [2.75, 3.05) is 20.3 Å². The van der Waals surface area contributed by atoms with Crippen molar-refractivity contribution in [1.82, 2.24) is 10.6 Å². The molecule has 110 valence electrons. The Balaban J connectivity index is 0. The smallest absolute Gasteiger partial charge is 0.191 e. The lowest BCUT2D eigenvalue weighted by Gasteiger charge is -2.23. The van der Waals surface area contributed by atoms with E-state index < -0.39 is 0 Å². The van der Waals surface area contributed by atoms with Crippen LogP contribution in [0.25, 0.3) is 0 Å². The van der Waals surface area contributed by atoms with E-state index in [0.717, 1.165) is 12.4 Å². The monoisotopic (exact) mass is 373 g/mol. The Morgan fingerprint density at radius 2 is 1.94 bits per heavy atom. The van der Waals surface area contributed by atoms with E-state index in [2.05, 4.69) is 43.3 Å². The van der Waals surface area contributed by atoms with Crippen molar-refractivity contribution in [3.05, 3.63) is 0 Å². The van der Waals surface area contributed by atoms with E-state index in [-0.39, 0.29) is 30.7 Å². The first-order valence-electron chi connectivity index (χ1n) is 6.42. The maximum absolute atomic E-state index is 12.0. The summed E-state index contributed by atoms with van der Waals surface area (Å²) in [5.74, 6) is 0.764. The molecule has 0 fully saturated rings. The van der Waals surface area contributed by atoms with Gasteiger partial charge in [0.1, 0.15) is 0 Å². The van der Waals surface area contributed by atoms with Gasteiger partial charge in [-0.1, -0.05) is 20.8 Å². The molecule has 0 aliphatic carbocycles.